The number of halogens is 1. The first kappa shape index (κ1) is 13.4. The van der Waals surface area contributed by atoms with Crippen LogP contribution >= 0.6 is 22.6 Å². The Morgan fingerprint density at radius 2 is 2.21 bits per heavy atom. The summed E-state index contributed by atoms with van der Waals surface area (Å²) >= 11 is 2.15. The molecule has 0 atom stereocenters. The van der Waals surface area contributed by atoms with Crippen LogP contribution in [0.3, 0.4) is 0 Å². The first-order valence-corrected chi connectivity index (χ1v) is 6.37. The molecular weight excluding hydrogens is 293 g/mol. The van der Waals surface area contributed by atoms with E-state index in [0.29, 0.717) is 12.2 Å². The van der Waals surface area contributed by atoms with E-state index >= 15 is 0 Å². The molecule has 14 heavy (non-hydrogen) atoms. The van der Waals surface area contributed by atoms with E-state index in [1.54, 1.807) is 19.2 Å². The lowest BCUT2D eigenvalue weighted by Gasteiger charge is -2.02. The Balaban J connectivity index is 0.000000791. The van der Waals surface area contributed by atoms with Gasteiger partial charge in [0.05, 0.1) is 12.2 Å². The third kappa shape index (κ3) is 4.04. The van der Waals surface area contributed by atoms with Crippen LogP contribution in [0.4, 0.5) is 0 Å². The average molecular weight is 307 g/mol. The molecule has 1 aromatic rings. The molecule has 3 nitrogen and oxygen atoms in total. The molecule has 4 heteroatoms. The quantitative estimate of drug-likeness (QED) is 0.479. The van der Waals surface area contributed by atoms with E-state index in [-0.39, 0.29) is 5.97 Å². The van der Waals surface area contributed by atoms with Crippen molar-refractivity contribution in [3.05, 3.63) is 29.6 Å². The van der Waals surface area contributed by atoms with E-state index in [0.717, 1.165) is 5.56 Å². The topological polar surface area (TPSA) is 39.2 Å². The summed E-state index contributed by atoms with van der Waals surface area (Å²) in [6, 6.07) is 1.78. The number of carbonyl (C=O) groups excluding carboxylic acids is 1. The van der Waals surface area contributed by atoms with Crippen molar-refractivity contribution in [2.75, 3.05) is 11.5 Å². The summed E-state index contributed by atoms with van der Waals surface area (Å²) in [6.45, 7) is 4.03. The second-order valence-corrected chi connectivity index (χ2v) is 2.41. The van der Waals surface area contributed by atoms with Crippen LogP contribution in [0.5, 0.6) is 0 Å². The lowest BCUT2D eigenvalue weighted by molar-refractivity contribution is 0.0525. The summed E-state index contributed by atoms with van der Waals surface area (Å²) in [5.74, 6) is -0.303. The van der Waals surface area contributed by atoms with Gasteiger partial charge in [-0.3, -0.25) is 4.98 Å². The van der Waals surface area contributed by atoms with E-state index in [9.17, 15) is 4.79 Å². The molecule has 0 aliphatic carbocycles. The van der Waals surface area contributed by atoms with Crippen molar-refractivity contribution >= 4 is 28.6 Å². The molecule has 0 spiro atoms. The van der Waals surface area contributed by atoms with Crippen molar-refractivity contribution in [3.63, 3.8) is 0 Å². The zero-order valence-electron chi connectivity index (χ0n) is 8.58. The largest absolute Gasteiger partial charge is 0.462 e. The summed E-state index contributed by atoms with van der Waals surface area (Å²) in [5.41, 5.74) is 1.43. The van der Waals surface area contributed by atoms with Crippen LogP contribution in [-0.4, -0.2) is 22.5 Å². The fourth-order valence-electron chi connectivity index (χ4n) is 0.887. The number of esters is 1. The van der Waals surface area contributed by atoms with E-state index < -0.39 is 0 Å². The first-order chi connectivity index (χ1) is 6.75. The van der Waals surface area contributed by atoms with Gasteiger partial charge in [-0.15, -0.1) is 0 Å². The smallest absolute Gasteiger partial charge is 0.339 e. The fourth-order valence-corrected chi connectivity index (χ4v) is 0.887. The van der Waals surface area contributed by atoms with Crippen LogP contribution < -0.4 is 0 Å². The van der Waals surface area contributed by atoms with Gasteiger partial charge in [0, 0.05) is 12.4 Å². The maximum atomic E-state index is 11.2. The monoisotopic (exact) mass is 307 g/mol. The van der Waals surface area contributed by atoms with Gasteiger partial charge >= 0.3 is 5.97 Å². The highest BCUT2D eigenvalue weighted by Crippen LogP contribution is 2.06. The molecule has 0 aliphatic heterocycles. The van der Waals surface area contributed by atoms with Crippen molar-refractivity contribution < 1.29 is 9.53 Å². The molecule has 0 radical (unpaired) electrons. The molecule has 0 unspecified atom stereocenters. The second-order valence-electron chi connectivity index (χ2n) is 2.41. The predicted octanol–water partition coefficient (Wildman–Crippen LogP) is 2.62. The maximum Gasteiger partial charge on any atom is 0.339 e. The highest BCUT2D eigenvalue weighted by atomic mass is 127. The lowest BCUT2D eigenvalue weighted by Crippen LogP contribution is -2.06. The third-order valence-corrected chi connectivity index (χ3v) is 1.53. The van der Waals surface area contributed by atoms with Gasteiger partial charge in [0.25, 0.3) is 0 Å². The Kier molecular flexibility index (Phi) is 7.37. The van der Waals surface area contributed by atoms with Crippen LogP contribution in [0, 0.1) is 6.92 Å². The molecule has 1 aromatic heterocycles. The third-order valence-electron chi connectivity index (χ3n) is 1.53. The number of ether oxygens (including phenoxy) is 1. The zero-order valence-corrected chi connectivity index (χ0v) is 10.7. The number of aryl methyl sites for hydroxylation is 1. The van der Waals surface area contributed by atoms with Crippen molar-refractivity contribution in [2.24, 2.45) is 0 Å². The molecule has 0 fully saturated rings. The minimum absolute atomic E-state index is 0.303. The van der Waals surface area contributed by atoms with Gasteiger partial charge in [-0.1, -0.05) is 22.6 Å². The Labute approximate surface area is 98.0 Å². The molecule has 0 saturated heterocycles. The van der Waals surface area contributed by atoms with E-state index in [2.05, 4.69) is 27.6 Å². The number of rotatable bonds is 2. The molecule has 78 valence electrons. The van der Waals surface area contributed by atoms with Gasteiger partial charge in [0.15, 0.2) is 0 Å². The first-order valence-electron chi connectivity index (χ1n) is 4.21. The van der Waals surface area contributed by atoms with Gasteiger partial charge in [-0.05, 0) is 30.4 Å². The summed E-state index contributed by atoms with van der Waals surface area (Å²) in [7, 11) is 0. The summed E-state index contributed by atoms with van der Waals surface area (Å²) in [5, 5.41) is 0. The van der Waals surface area contributed by atoms with Crippen molar-refractivity contribution in [2.45, 2.75) is 13.8 Å². The molecule has 0 N–H and O–H groups in total. The van der Waals surface area contributed by atoms with Crippen molar-refractivity contribution in [1.82, 2.24) is 4.98 Å². The lowest BCUT2D eigenvalue weighted by atomic mass is 10.2. The number of aromatic nitrogens is 1. The Hall–Kier alpha value is -0.650. The van der Waals surface area contributed by atoms with E-state index in [4.69, 9.17) is 4.74 Å². The predicted molar refractivity (Wildman–Crippen MR) is 64.9 cm³/mol. The highest BCUT2D eigenvalue weighted by Gasteiger charge is 2.08. The van der Waals surface area contributed by atoms with Gasteiger partial charge in [0.2, 0.25) is 0 Å². The van der Waals surface area contributed by atoms with Crippen LogP contribution in [0.1, 0.15) is 22.8 Å². The van der Waals surface area contributed by atoms with Crippen LogP contribution in [0.25, 0.3) is 0 Å². The molecule has 0 saturated carbocycles. The van der Waals surface area contributed by atoms with Crippen molar-refractivity contribution in [1.29, 1.82) is 0 Å². The molecule has 0 aromatic carbocycles. The highest BCUT2D eigenvalue weighted by molar-refractivity contribution is 14.1. The number of hydrogen-bond acceptors (Lipinski definition) is 3. The maximum absolute atomic E-state index is 11.2. The minimum atomic E-state index is -0.303. The summed E-state index contributed by atoms with van der Waals surface area (Å²) in [4.78, 5) is 17.0. The van der Waals surface area contributed by atoms with Gasteiger partial charge < -0.3 is 4.74 Å². The van der Waals surface area contributed by atoms with Crippen LogP contribution in [-0.2, 0) is 4.74 Å². The van der Waals surface area contributed by atoms with E-state index in [1.165, 1.54) is 6.20 Å². The number of alkyl halides is 1. The molecule has 0 bridgehead atoms. The Bertz CT molecular complexity index is 289. The van der Waals surface area contributed by atoms with Gasteiger partial charge in [-0.25, -0.2) is 4.79 Å². The molecule has 0 amide bonds. The Morgan fingerprint density at radius 1 is 1.57 bits per heavy atom. The standard InChI is InChI=1S/C9H11NO2.CH3I/c1-3-12-9(11)8-6-10-5-4-7(8)2;1-2/h4-6H,3H2,1-2H3;1H3. The molecule has 1 heterocycles. The summed E-state index contributed by atoms with van der Waals surface area (Å²) < 4.78 is 4.83. The normalized spacial score (nSPS) is 8.57. The van der Waals surface area contributed by atoms with Crippen LogP contribution in [0.2, 0.25) is 0 Å². The van der Waals surface area contributed by atoms with Crippen LogP contribution in [0.15, 0.2) is 18.5 Å². The minimum Gasteiger partial charge on any atom is -0.462 e. The number of nitrogens with zero attached hydrogens (tertiary/aromatic N) is 1. The number of pyridine rings is 1. The summed E-state index contributed by atoms with van der Waals surface area (Å²) in [6.07, 6.45) is 3.17. The number of hydrogen-bond donors (Lipinski definition) is 0. The fraction of sp³-hybridized carbons (Fsp3) is 0.400. The van der Waals surface area contributed by atoms with E-state index in [1.807, 2.05) is 11.9 Å². The SMILES string of the molecule is CCOC(=O)c1cnccc1C.CI. The Morgan fingerprint density at radius 3 is 2.71 bits per heavy atom. The molecular formula is C10H14INO2. The molecule has 0 aliphatic rings. The average Bonchev–Trinajstić information content (AvgIpc) is 2.22. The second kappa shape index (κ2) is 7.73. The molecule has 1 rings (SSSR count). The van der Waals surface area contributed by atoms with Gasteiger partial charge in [0.1, 0.15) is 0 Å². The van der Waals surface area contributed by atoms with Gasteiger partial charge in [-0.2, -0.15) is 0 Å². The zero-order chi connectivity index (χ0) is 11.0. The number of carbonyl (C=O) groups is 1. The van der Waals surface area contributed by atoms with Crippen molar-refractivity contribution in [3.8, 4) is 0 Å².